The number of halogens is 2. The van der Waals surface area contributed by atoms with Gasteiger partial charge >= 0.3 is 0 Å². The molecule has 10 nitrogen and oxygen atoms in total. The van der Waals surface area contributed by atoms with Gasteiger partial charge in [-0.15, -0.1) is 5.10 Å². The average Bonchev–Trinajstić information content (AvgIpc) is 3.51. The van der Waals surface area contributed by atoms with Crippen molar-refractivity contribution in [2.24, 2.45) is 0 Å². The van der Waals surface area contributed by atoms with Crippen LogP contribution in [0.1, 0.15) is 12.5 Å². The number of aromatic nitrogens is 8. The molecular formula is C18H16F2N10. The second-order valence-corrected chi connectivity index (χ2v) is 6.83. The summed E-state index contributed by atoms with van der Waals surface area (Å²) in [5.74, 6) is -2.01. The maximum absolute atomic E-state index is 14.3. The minimum atomic E-state index is -1.08. The molecule has 4 heterocycles. The topological polar surface area (TPSA) is 125 Å². The summed E-state index contributed by atoms with van der Waals surface area (Å²) >= 11 is 0. The molecule has 0 bridgehead atoms. The van der Waals surface area contributed by atoms with Crippen LogP contribution in [-0.2, 0) is 0 Å². The molecule has 0 amide bonds. The molecule has 1 aliphatic heterocycles. The lowest BCUT2D eigenvalue weighted by molar-refractivity contribution is 0.491. The first kappa shape index (κ1) is 18.2. The maximum atomic E-state index is 14.3. The number of hydrogen-bond acceptors (Lipinski definition) is 8. The summed E-state index contributed by atoms with van der Waals surface area (Å²) in [6, 6.07) is 4.00. The summed E-state index contributed by atoms with van der Waals surface area (Å²) in [6.45, 7) is 1.80. The van der Waals surface area contributed by atoms with Gasteiger partial charge in [0.05, 0.1) is 24.1 Å². The highest BCUT2D eigenvalue weighted by molar-refractivity contribution is 5.69. The first-order valence-electron chi connectivity index (χ1n) is 9.22. The minimum Gasteiger partial charge on any atom is -0.382 e. The molecule has 1 aliphatic rings. The van der Waals surface area contributed by atoms with Crippen LogP contribution in [0.3, 0.4) is 0 Å². The Balaban J connectivity index is 1.56. The van der Waals surface area contributed by atoms with E-state index in [1.165, 1.54) is 18.3 Å². The number of nitrogens with one attached hydrogen (secondary N) is 1. The minimum absolute atomic E-state index is 0.0405. The number of tetrazole rings is 1. The number of nitrogen functional groups attached to an aromatic ring is 1. The standard InChI is InChI=1S/C18H16F2N10/c19-12-2-1-3-14(15(12)20)30-18(26-27-28-30)16-17(21)23-8-13(25-16)10-6-24-29(9-10)11-4-5-22-7-11/h1-3,6,8-9,11,22H,4-5,7H2,(H2,21,23). The van der Waals surface area contributed by atoms with Gasteiger partial charge in [-0.1, -0.05) is 6.07 Å². The highest BCUT2D eigenvalue weighted by Gasteiger charge is 2.22. The molecule has 1 fully saturated rings. The van der Waals surface area contributed by atoms with E-state index in [1.807, 2.05) is 10.9 Å². The average molecular weight is 410 g/mol. The van der Waals surface area contributed by atoms with Gasteiger partial charge in [0.25, 0.3) is 0 Å². The quantitative estimate of drug-likeness (QED) is 0.517. The van der Waals surface area contributed by atoms with E-state index in [4.69, 9.17) is 5.73 Å². The van der Waals surface area contributed by atoms with Crippen molar-refractivity contribution in [3.63, 3.8) is 0 Å². The highest BCUT2D eigenvalue weighted by atomic mass is 19.2. The van der Waals surface area contributed by atoms with Crippen LogP contribution >= 0.6 is 0 Å². The van der Waals surface area contributed by atoms with E-state index in [0.717, 1.165) is 35.8 Å². The second kappa shape index (κ2) is 7.22. The van der Waals surface area contributed by atoms with Crippen molar-refractivity contribution in [1.29, 1.82) is 0 Å². The van der Waals surface area contributed by atoms with Crippen LogP contribution < -0.4 is 11.1 Å². The molecule has 3 N–H and O–H groups in total. The summed E-state index contributed by atoms with van der Waals surface area (Å²) in [4.78, 5) is 8.71. The number of nitrogens with two attached hydrogens (primary N) is 1. The summed E-state index contributed by atoms with van der Waals surface area (Å²) in [5.41, 5.74) is 7.23. The second-order valence-electron chi connectivity index (χ2n) is 6.83. The molecule has 0 radical (unpaired) electrons. The van der Waals surface area contributed by atoms with Crippen molar-refractivity contribution in [3.8, 4) is 28.5 Å². The SMILES string of the molecule is Nc1ncc(-c2cnn(C3CCNC3)c2)nc1-c1nnnn1-c1cccc(F)c1F. The normalized spacial score (nSPS) is 16.3. The van der Waals surface area contributed by atoms with E-state index < -0.39 is 11.6 Å². The Hall–Kier alpha value is -3.80. The Bertz CT molecular complexity index is 1210. The third-order valence-electron chi connectivity index (χ3n) is 4.95. The predicted octanol–water partition coefficient (Wildman–Crippen LogP) is 1.38. The van der Waals surface area contributed by atoms with E-state index in [0.29, 0.717) is 5.69 Å². The molecule has 3 aromatic heterocycles. The molecule has 30 heavy (non-hydrogen) atoms. The van der Waals surface area contributed by atoms with Crippen molar-refractivity contribution in [2.45, 2.75) is 12.5 Å². The van der Waals surface area contributed by atoms with Gasteiger partial charge in [0.2, 0.25) is 5.82 Å². The first-order valence-corrected chi connectivity index (χ1v) is 9.22. The Morgan fingerprint density at radius 1 is 1.20 bits per heavy atom. The van der Waals surface area contributed by atoms with Gasteiger partial charge in [-0.3, -0.25) is 4.68 Å². The number of anilines is 1. The van der Waals surface area contributed by atoms with Crippen LogP contribution in [0, 0.1) is 11.6 Å². The summed E-state index contributed by atoms with van der Waals surface area (Å²) in [5, 5.41) is 19.0. The molecule has 12 heteroatoms. The largest absolute Gasteiger partial charge is 0.382 e. The zero-order valence-corrected chi connectivity index (χ0v) is 15.6. The summed E-state index contributed by atoms with van der Waals surface area (Å²) < 4.78 is 30.9. The zero-order valence-electron chi connectivity index (χ0n) is 15.6. The van der Waals surface area contributed by atoms with E-state index in [-0.39, 0.29) is 29.1 Å². The Kier molecular flexibility index (Phi) is 4.39. The van der Waals surface area contributed by atoms with Crippen LogP contribution in [0.4, 0.5) is 14.6 Å². The highest BCUT2D eigenvalue weighted by Crippen LogP contribution is 2.27. The van der Waals surface area contributed by atoms with Crippen LogP contribution in [-0.4, -0.2) is 53.0 Å². The lowest BCUT2D eigenvalue weighted by Crippen LogP contribution is -2.13. The van der Waals surface area contributed by atoms with Gasteiger partial charge in [0.1, 0.15) is 5.69 Å². The van der Waals surface area contributed by atoms with E-state index >= 15 is 0 Å². The van der Waals surface area contributed by atoms with Crippen molar-refractivity contribution in [2.75, 3.05) is 18.8 Å². The van der Waals surface area contributed by atoms with Gasteiger partial charge in [-0.2, -0.15) is 9.78 Å². The molecule has 1 aromatic carbocycles. The third kappa shape index (κ3) is 3.06. The van der Waals surface area contributed by atoms with Gasteiger partial charge in [0.15, 0.2) is 23.1 Å². The number of nitrogens with zero attached hydrogens (tertiary/aromatic N) is 8. The van der Waals surface area contributed by atoms with Gasteiger partial charge in [0, 0.05) is 18.3 Å². The Morgan fingerprint density at radius 2 is 2.10 bits per heavy atom. The summed E-state index contributed by atoms with van der Waals surface area (Å²) in [6.07, 6.45) is 6.09. The van der Waals surface area contributed by atoms with Gasteiger partial charge < -0.3 is 11.1 Å². The molecule has 0 saturated carbocycles. The Labute approximate surface area is 168 Å². The molecule has 5 rings (SSSR count). The third-order valence-corrected chi connectivity index (χ3v) is 4.95. The molecule has 1 saturated heterocycles. The number of hydrogen-bond donors (Lipinski definition) is 2. The molecule has 0 spiro atoms. The predicted molar refractivity (Wildman–Crippen MR) is 102 cm³/mol. The molecule has 0 aliphatic carbocycles. The van der Waals surface area contributed by atoms with Crippen molar-refractivity contribution in [1.82, 2.24) is 45.3 Å². The molecule has 4 aromatic rings. The zero-order chi connectivity index (χ0) is 20.7. The fourth-order valence-corrected chi connectivity index (χ4v) is 3.39. The number of rotatable bonds is 4. The monoisotopic (exact) mass is 410 g/mol. The van der Waals surface area contributed by atoms with Gasteiger partial charge in [-0.05, 0) is 35.5 Å². The molecular weight excluding hydrogens is 394 g/mol. The van der Waals surface area contributed by atoms with Crippen LogP contribution in [0.15, 0.2) is 36.8 Å². The lowest BCUT2D eigenvalue weighted by Gasteiger charge is -2.09. The van der Waals surface area contributed by atoms with Crippen LogP contribution in [0.2, 0.25) is 0 Å². The van der Waals surface area contributed by atoms with Crippen LogP contribution in [0.5, 0.6) is 0 Å². The molecule has 1 atom stereocenters. The van der Waals surface area contributed by atoms with Gasteiger partial charge in [-0.25, -0.2) is 18.7 Å². The maximum Gasteiger partial charge on any atom is 0.209 e. The van der Waals surface area contributed by atoms with Crippen molar-refractivity contribution >= 4 is 5.82 Å². The fourth-order valence-electron chi connectivity index (χ4n) is 3.39. The van der Waals surface area contributed by atoms with Crippen LogP contribution in [0.25, 0.3) is 28.5 Å². The fraction of sp³-hybridized carbons (Fsp3) is 0.222. The van der Waals surface area contributed by atoms with E-state index in [9.17, 15) is 8.78 Å². The summed E-state index contributed by atoms with van der Waals surface area (Å²) in [7, 11) is 0. The molecule has 152 valence electrons. The smallest absolute Gasteiger partial charge is 0.209 e. The van der Waals surface area contributed by atoms with Crippen molar-refractivity contribution < 1.29 is 8.78 Å². The lowest BCUT2D eigenvalue weighted by atomic mass is 10.2. The van der Waals surface area contributed by atoms with Crippen molar-refractivity contribution in [3.05, 3.63) is 48.4 Å². The van der Waals surface area contributed by atoms with E-state index in [2.05, 4.69) is 35.9 Å². The Morgan fingerprint density at radius 3 is 2.93 bits per heavy atom. The first-order chi connectivity index (χ1) is 14.6. The molecule has 1 unspecified atom stereocenters. The van der Waals surface area contributed by atoms with E-state index in [1.54, 1.807) is 6.20 Å². The number of benzene rings is 1.